The second-order valence-corrected chi connectivity index (χ2v) is 10.9. The van der Waals surface area contributed by atoms with Crippen LogP contribution in [0, 0.1) is 6.92 Å². The van der Waals surface area contributed by atoms with Crippen LogP contribution in [0.1, 0.15) is 46.8 Å². The summed E-state index contributed by atoms with van der Waals surface area (Å²) in [6, 6.07) is 12.3. The number of rotatable bonds is 7. The number of piperazine rings is 1. The van der Waals surface area contributed by atoms with Crippen LogP contribution in [0.15, 0.2) is 47.4 Å². The molecular weight excluding hydrogens is 506 g/mol. The van der Waals surface area contributed by atoms with Gasteiger partial charge < -0.3 is 19.4 Å². The van der Waals surface area contributed by atoms with Crippen molar-refractivity contribution in [3.8, 4) is 5.75 Å². The number of amides is 1. The van der Waals surface area contributed by atoms with Crippen LogP contribution in [-0.4, -0.2) is 83.5 Å². The molecule has 0 atom stereocenters. The minimum atomic E-state index is -0.151. The van der Waals surface area contributed by atoms with E-state index >= 15 is 0 Å². The van der Waals surface area contributed by atoms with Gasteiger partial charge in [-0.2, -0.15) is 5.10 Å². The average molecular weight is 544 g/mol. The molecule has 2 fully saturated rings. The van der Waals surface area contributed by atoms with Gasteiger partial charge in [-0.05, 0) is 74.5 Å². The molecule has 2 aromatic carbocycles. The number of methoxy groups -OCH3 is 1. The number of ether oxygens (including phenoxy) is 2. The highest BCUT2D eigenvalue weighted by Crippen LogP contribution is 2.30. The molecule has 4 heterocycles. The van der Waals surface area contributed by atoms with E-state index in [9.17, 15) is 9.59 Å². The van der Waals surface area contributed by atoms with Crippen molar-refractivity contribution in [3.05, 3.63) is 69.6 Å². The fourth-order valence-electron chi connectivity index (χ4n) is 6.07. The number of aromatic amines is 1. The Morgan fingerprint density at radius 3 is 2.55 bits per heavy atom. The SMILES string of the molecule is COc1ccc(CCCN2CCN(C(=O)c3cc4c(cc3C)[nH]c(=O)c3cnn(C5CCOCC5)c34)CC2)cc1. The average Bonchev–Trinajstić information content (AvgIpc) is 3.44. The zero-order valence-electron chi connectivity index (χ0n) is 23.3. The first-order valence-electron chi connectivity index (χ1n) is 14.3. The Morgan fingerprint density at radius 2 is 1.82 bits per heavy atom. The summed E-state index contributed by atoms with van der Waals surface area (Å²) in [7, 11) is 1.69. The predicted molar refractivity (Wildman–Crippen MR) is 155 cm³/mol. The molecule has 2 aromatic heterocycles. The number of fused-ring (bicyclic) bond motifs is 3. The Morgan fingerprint density at radius 1 is 1.07 bits per heavy atom. The van der Waals surface area contributed by atoms with E-state index < -0.39 is 0 Å². The van der Waals surface area contributed by atoms with Gasteiger partial charge in [-0.15, -0.1) is 0 Å². The van der Waals surface area contributed by atoms with Gasteiger partial charge in [-0.25, -0.2) is 0 Å². The van der Waals surface area contributed by atoms with E-state index in [1.807, 2.05) is 40.8 Å². The number of H-pyrrole nitrogens is 1. The number of pyridine rings is 1. The van der Waals surface area contributed by atoms with Crippen molar-refractivity contribution >= 4 is 27.7 Å². The second-order valence-electron chi connectivity index (χ2n) is 10.9. The Labute approximate surface area is 233 Å². The molecule has 1 amide bonds. The van der Waals surface area contributed by atoms with Gasteiger partial charge in [0, 0.05) is 50.3 Å². The number of carbonyl (C=O) groups is 1. The molecule has 9 nitrogen and oxygen atoms in total. The maximum absolute atomic E-state index is 13.7. The van der Waals surface area contributed by atoms with E-state index in [1.54, 1.807) is 13.3 Å². The first-order chi connectivity index (χ1) is 19.5. The number of hydrogen-bond acceptors (Lipinski definition) is 6. The summed E-state index contributed by atoms with van der Waals surface area (Å²) in [5.74, 6) is 0.933. The van der Waals surface area contributed by atoms with Gasteiger partial charge in [0.2, 0.25) is 0 Å². The highest BCUT2D eigenvalue weighted by atomic mass is 16.5. The largest absolute Gasteiger partial charge is 0.497 e. The number of nitrogens with zero attached hydrogens (tertiary/aromatic N) is 4. The molecule has 40 heavy (non-hydrogen) atoms. The Balaban J connectivity index is 1.16. The number of carbonyl (C=O) groups excluding carboxylic acids is 1. The molecule has 0 saturated carbocycles. The lowest BCUT2D eigenvalue weighted by molar-refractivity contribution is 0.0635. The van der Waals surface area contributed by atoms with Gasteiger partial charge in [0.15, 0.2) is 0 Å². The summed E-state index contributed by atoms with van der Waals surface area (Å²) in [6.45, 7) is 7.49. The van der Waals surface area contributed by atoms with Crippen molar-refractivity contribution in [2.75, 3.05) is 53.0 Å². The summed E-state index contributed by atoms with van der Waals surface area (Å²) >= 11 is 0. The first-order valence-corrected chi connectivity index (χ1v) is 14.3. The van der Waals surface area contributed by atoms with Crippen LogP contribution in [0.2, 0.25) is 0 Å². The quantitative estimate of drug-likeness (QED) is 0.380. The third-order valence-corrected chi connectivity index (χ3v) is 8.43. The topological polar surface area (TPSA) is 92.7 Å². The number of aryl methyl sites for hydroxylation is 2. The molecule has 6 rings (SSSR count). The molecule has 0 radical (unpaired) electrons. The maximum atomic E-state index is 13.7. The van der Waals surface area contributed by atoms with Crippen molar-refractivity contribution in [1.29, 1.82) is 0 Å². The molecule has 2 saturated heterocycles. The van der Waals surface area contributed by atoms with Crippen LogP contribution in [0.3, 0.4) is 0 Å². The number of hydrogen-bond donors (Lipinski definition) is 1. The van der Waals surface area contributed by atoms with Crippen molar-refractivity contribution in [2.45, 2.75) is 38.6 Å². The predicted octanol–water partition coefficient (Wildman–Crippen LogP) is 3.94. The van der Waals surface area contributed by atoms with Crippen LogP contribution in [0.25, 0.3) is 21.8 Å². The zero-order chi connectivity index (χ0) is 27.6. The summed E-state index contributed by atoms with van der Waals surface area (Å²) in [4.78, 5) is 34.0. The minimum absolute atomic E-state index is 0.0498. The van der Waals surface area contributed by atoms with E-state index in [0.29, 0.717) is 37.3 Å². The van der Waals surface area contributed by atoms with Gasteiger partial charge in [-0.1, -0.05) is 12.1 Å². The van der Waals surface area contributed by atoms with E-state index in [4.69, 9.17) is 9.47 Å². The normalized spacial score (nSPS) is 17.1. The summed E-state index contributed by atoms with van der Waals surface area (Å²) in [6.07, 6.45) is 5.47. The lowest BCUT2D eigenvalue weighted by Crippen LogP contribution is -2.49. The van der Waals surface area contributed by atoms with Crippen LogP contribution in [0.4, 0.5) is 0 Å². The third-order valence-electron chi connectivity index (χ3n) is 8.43. The molecule has 2 aliphatic rings. The standard InChI is InChI=1S/C31H37N5O4/c1-21-18-28-26(29-27(30(37)33-28)20-32-36(29)23-9-16-40-17-10-23)19-25(21)31(38)35-14-12-34(13-15-35)11-3-4-22-5-7-24(39-2)8-6-22/h5-8,18-20,23H,3-4,9-17H2,1-2H3,(H,33,37). The summed E-state index contributed by atoms with van der Waals surface area (Å²) in [5, 5.41) is 6.04. The fraction of sp³-hybridized carbons (Fsp3) is 0.452. The molecule has 0 bridgehead atoms. The number of benzene rings is 2. The molecule has 0 spiro atoms. The van der Waals surface area contributed by atoms with Gasteiger partial charge in [0.25, 0.3) is 11.5 Å². The lowest BCUT2D eigenvalue weighted by Gasteiger charge is -2.35. The fourth-order valence-corrected chi connectivity index (χ4v) is 6.07. The molecule has 1 N–H and O–H groups in total. The van der Waals surface area contributed by atoms with E-state index in [2.05, 4.69) is 27.1 Å². The van der Waals surface area contributed by atoms with Gasteiger partial charge in [0.05, 0.1) is 35.8 Å². The molecule has 0 aliphatic carbocycles. The lowest BCUT2D eigenvalue weighted by atomic mass is 10.0. The van der Waals surface area contributed by atoms with Gasteiger partial charge in [0.1, 0.15) is 5.75 Å². The van der Waals surface area contributed by atoms with Gasteiger partial charge >= 0.3 is 0 Å². The van der Waals surface area contributed by atoms with Crippen molar-refractivity contribution in [3.63, 3.8) is 0 Å². The number of aromatic nitrogens is 3. The minimum Gasteiger partial charge on any atom is -0.497 e. The summed E-state index contributed by atoms with van der Waals surface area (Å²) in [5.41, 5.74) is 4.26. The monoisotopic (exact) mass is 543 g/mol. The highest BCUT2D eigenvalue weighted by Gasteiger charge is 2.25. The Bertz CT molecular complexity index is 1560. The molecule has 9 heteroatoms. The van der Waals surface area contributed by atoms with Crippen LogP contribution < -0.4 is 10.3 Å². The Kier molecular flexibility index (Phi) is 7.58. The molecule has 4 aromatic rings. The molecule has 2 aliphatic heterocycles. The van der Waals surface area contributed by atoms with Crippen molar-refractivity contribution in [2.24, 2.45) is 0 Å². The highest BCUT2D eigenvalue weighted by molar-refractivity contribution is 6.07. The number of nitrogens with one attached hydrogen (secondary N) is 1. The van der Waals surface area contributed by atoms with Crippen LogP contribution in [0.5, 0.6) is 5.75 Å². The van der Waals surface area contributed by atoms with E-state index in [1.165, 1.54) is 5.56 Å². The molecular formula is C31H37N5O4. The summed E-state index contributed by atoms with van der Waals surface area (Å²) < 4.78 is 12.8. The maximum Gasteiger partial charge on any atom is 0.259 e. The molecule has 0 unspecified atom stereocenters. The van der Waals surface area contributed by atoms with Crippen LogP contribution in [-0.2, 0) is 11.2 Å². The Hall–Kier alpha value is -3.69. The molecule has 210 valence electrons. The van der Waals surface area contributed by atoms with Crippen molar-refractivity contribution in [1.82, 2.24) is 24.6 Å². The van der Waals surface area contributed by atoms with E-state index in [0.717, 1.165) is 73.1 Å². The second kappa shape index (κ2) is 11.4. The first kappa shape index (κ1) is 26.5. The van der Waals surface area contributed by atoms with E-state index in [-0.39, 0.29) is 17.5 Å². The third kappa shape index (κ3) is 5.23. The van der Waals surface area contributed by atoms with Crippen LogP contribution >= 0.6 is 0 Å². The smallest absolute Gasteiger partial charge is 0.259 e. The van der Waals surface area contributed by atoms with Crippen molar-refractivity contribution < 1.29 is 14.3 Å². The van der Waals surface area contributed by atoms with Gasteiger partial charge in [-0.3, -0.25) is 19.2 Å². The zero-order valence-corrected chi connectivity index (χ0v) is 23.3.